The molecule has 1 aliphatic rings. The minimum Gasteiger partial charge on any atom is -0.393 e. The van der Waals surface area contributed by atoms with E-state index < -0.39 is 0 Å². The minimum absolute atomic E-state index is 0.121. The molecular formula is C10H21NOS. The van der Waals surface area contributed by atoms with Crippen LogP contribution in [-0.4, -0.2) is 47.3 Å². The van der Waals surface area contributed by atoms with E-state index in [1.807, 2.05) is 18.7 Å². The van der Waals surface area contributed by atoms with Gasteiger partial charge in [-0.25, -0.2) is 0 Å². The van der Waals surface area contributed by atoms with Gasteiger partial charge in [0.05, 0.1) is 6.10 Å². The lowest BCUT2D eigenvalue weighted by Crippen LogP contribution is -2.26. The van der Waals surface area contributed by atoms with E-state index in [2.05, 4.69) is 11.8 Å². The average molecular weight is 203 g/mol. The molecule has 2 atom stereocenters. The lowest BCUT2D eigenvalue weighted by atomic mass is 10.0. The van der Waals surface area contributed by atoms with Gasteiger partial charge in [0.2, 0.25) is 0 Å². The van der Waals surface area contributed by atoms with Gasteiger partial charge in [0.1, 0.15) is 0 Å². The Hall–Kier alpha value is 0.270. The first-order valence-electron chi connectivity index (χ1n) is 5.22. The lowest BCUT2D eigenvalue weighted by Gasteiger charge is -2.16. The zero-order valence-corrected chi connectivity index (χ0v) is 9.52. The Morgan fingerprint density at radius 2 is 2.38 bits per heavy atom. The van der Waals surface area contributed by atoms with Gasteiger partial charge in [-0.2, -0.15) is 11.8 Å². The van der Waals surface area contributed by atoms with Gasteiger partial charge in [0, 0.05) is 18.8 Å². The molecule has 0 aromatic rings. The summed E-state index contributed by atoms with van der Waals surface area (Å²) in [5.74, 6) is 2.98. The maximum Gasteiger partial charge on any atom is 0.0552 e. The average Bonchev–Trinajstić information content (AvgIpc) is 2.53. The third kappa shape index (κ3) is 3.88. The van der Waals surface area contributed by atoms with Crippen molar-refractivity contribution in [1.29, 1.82) is 0 Å². The maximum absolute atomic E-state index is 9.41. The third-order valence-corrected chi connectivity index (χ3v) is 3.63. The van der Waals surface area contributed by atoms with E-state index in [1.165, 1.54) is 31.0 Å². The molecule has 0 bridgehead atoms. The number of thioether (sulfide) groups is 1. The molecular weight excluding hydrogens is 182 g/mol. The van der Waals surface area contributed by atoms with Crippen LogP contribution in [-0.2, 0) is 0 Å². The smallest absolute Gasteiger partial charge is 0.0552 e. The number of rotatable bonds is 5. The van der Waals surface area contributed by atoms with E-state index in [4.69, 9.17) is 0 Å². The van der Waals surface area contributed by atoms with Crippen molar-refractivity contribution in [3.8, 4) is 0 Å². The fourth-order valence-corrected chi connectivity index (χ4v) is 2.47. The Kier molecular flexibility index (Phi) is 5.14. The molecule has 2 nitrogen and oxygen atoms in total. The van der Waals surface area contributed by atoms with Crippen molar-refractivity contribution < 1.29 is 5.11 Å². The van der Waals surface area contributed by atoms with Gasteiger partial charge < -0.3 is 10.0 Å². The molecule has 1 rings (SSSR count). The number of aliphatic hydroxyl groups is 1. The summed E-state index contributed by atoms with van der Waals surface area (Å²) in [5, 5.41) is 9.41. The van der Waals surface area contributed by atoms with E-state index in [1.54, 1.807) is 0 Å². The van der Waals surface area contributed by atoms with Crippen LogP contribution in [0.25, 0.3) is 0 Å². The van der Waals surface area contributed by atoms with Crippen LogP contribution in [0.2, 0.25) is 0 Å². The van der Waals surface area contributed by atoms with Gasteiger partial charge in [-0.15, -0.1) is 0 Å². The summed E-state index contributed by atoms with van der Waals surface area (Å²) >= 11 is 2.00. The molecule has 13 heavy (non-hydrogen) atoms. The van der Waals surface area contributed by atoms with Crippen molar-refractivity contribution in [1.82, 2.24) is 4.90 Å². The van der Waals surface area contributed by atoms with Gasteiger partial charge in [0.25, 0.3) is 0 Å². The molecule has 1 N–H and O–H groups in total. The van der Waals surface area contributed by atoms with Gasteiger partial charge in [0.15, 0.2) is 0 Å². The van der Waals surface area contributed by atoms with Gasteiger partial charge in [-0.05, 0) is 31.6 Å². The monoisotopic (exact) mass is 203 g/mol. The first-order chi connectivity index (χ1) is 6.24. The Morgan fingerprint density at radius 3 is 2.92 bits per heavy atom. The van der Waals surface area contributed by atoms with Crippen LogP contribution in [0.4, 0.5) is 0 Å². The number of likely N-dealkylation sites (tertiary alicyclic amines) is 1. The highest BCUT2D eigenvalue weighted by atomic mass is 32.2. The zero-order valence-electron chi connectivity index (χ0n) is 8.70. The molecule has 1 heterocycles. The highest BCUT2D eigenvalue weighted by Gasteiger charge is 2.25. The summed E-state index contributed by atoms with van der Waals surface area (Å²) in [7, 11) is 0. The van der Waals surface area contributed by atoms with E-state index in [0.717, 1.165) is 6.54 Å². The summed E-state index contributed by atoms with van der Waals surface area (Å²) in [6, 6.07) is 0. The van der Waals surface area contributed by atoms with E-state index in [-0.39, 0.29) is 6.10 Å². The van der Waals surface area contributed by atoms with Crippen LogP contribution >= 0.6 is 11.8 Å². The second kappa shape index (κ2) is 5.89. The van der Waals surface area contributed by atoms with Crippen molar-refractivity contribution in [3.05, 3.63) is 0 Å². The van der Waals surface area contributed by atoms with E-state index >= 15 is 0 Å². The number of nitrogens with zero attached hydrogens (tertiary/aromatic N) is 1. The fourth-order valence-electron chi connectivity index (χ4n) is 1.80. The molecule has 78 valence electrons. The zero-order chi connectivity index (χ0) is 9.68. The van der Waals surface area contributed by atoms with Crippen LogP contribution < -0.4 is 0 Å². The van der Waals surface area contributed by atoms with Crippen LogP contribution in [0.5, 0.6) is 0 Å². The van der Waals surface area contributed by atoms with Gasteiger partial charge in [-0.1, -0.05) is 6.92 Å². The standard InChI is InChI=1S/C10H21NOS/c1-3-13-7-6-11-5-4-10(8-11)9(2)12/h9-10,12H,3-8H2,1-2H3. The number of hydrogen-bond acceptors (Lipinski definition) is 3. The Balaban J connectivity index is 2.10. The molecule has 0 radical (unpaired) electrons. The summed E-state index contributed by atoms with van der Waals surface area (Å²) in [6.07, 6.45) is 1.05. The molecule has 2 unspecified atom stereocenters. The molecule has 1 aliphatic heterocycles. The molecule has 0 saturated carbocycles. The van der Waals surface area contributed by atoms with Crippen molar-refractivity contribution in [2.24, 2.45) is 5.92 Å². The second-order valence-corrected chi connectivity index (χ2v) is 5.18. The summed E-state index contributed by atoms with van der Waals surface area (Å²) in [4.78, 5) is 2.47. The normalized spacial score (nSPS) is 26.5. The highest BCUT2D eigenvalue weighted by molar-refractivity contribution is 7.99. The summed E-state index contributed by atoms with van der Waals surface area (Å²) in [5.41, 5.74) is 0. The van der Waals surface area contributed by atoms with Gasteiger partial charge >= 0.3 is 0 Å². The van der Waals surface area contributed by atoms with Crippen LogP contribution in [0.1, 0.15) is 20.3 Å². The minimum atomic E-state index is -0.121. The predicted octanol–water partition coefficient (Wildman–Crippen LogP) is 1.44. The number of hydrogen-bond donors (Lipinski definition) is 1. The van der Waals surface area contributed by atoms with Gasteiger partial charge in [-0.3, -0.25) is 0 Å². The first-order valence-corrected chi connectivity index (χ1v) is 6.37. The van der Waals surface area contributed by atoms with Crippen molar-refractivity contribution >= 4 is 11.8 Å². The third-order valence-electron chi connectivity index (χ3n) is 2.75. The maximum atomic E-state index is 9.41. The predicted molar refractivity (Wildman–Crippen MR) is 59.2 cm³/mol. The lowest BCUT2D eigenvalue weighted by molar-refractivity contribution is 0.128. The topological polar surface area (TPSA) is 23.5 Å². The molecule has 0 aromatic carbocycles. The summed E-state index contributed by atoms with van der Waals surface area (Å²) in [6.45, 7) is 7.59. The van der Waals surface area contributed by atoms with Crippen LogP contribution in [0.15, 0.2) is 0 Å². The Morgan fingerprint density at radius 1 is 1.62 bits per heavy atom. The highest BCUT2D eigenvalue weighted by Crippen LogP contribution is 2.19. The largest absolute Gasteiger partial charge is 0.393 e. The fraction of sp³-hybridized carbons (Fsp3) is 1.00. The SMILES string of the molecule is CCSCCN1CCC(C(C)O)C1. The Bertz CT molecular complexity index is 141. The van der Waals surface area contributed by atoms with Crippen molar-refractivity contribution in [2.75, 3.05) is 31.1 Å². The molecule has 0 spiro atoms. The molecule has 0 aromatic heterocycles. The first kappa shape index (κ1) is 11.3. The van der Waals surface area contributed by atoms with E-state index in [9.17, 15) is 5.11 Å². The van der Waals surface area contributed by atoms with Crippen molar-refractivity contribution in [3.63, 3.8) is 0 Å². The van der Waals surface area contributed by atoms with E-state index in [0.29, 0.717) is 5.92 Å². The molecule has 0 aliphatic carbocycles. The van der Waals surface area contributed by atoms with Crippen molar-refractivity contribution in [2.45, 2.75) is 26.4 Å². The van der Waals surface area contributed by atoms with Crippen LogP contribution in [0.3, 0.4) is 0 Å². The quantitative estimate of drug-likeness (QED) is 0.684. The Labute approximate surface area is 85.7 Å². The molecule has 3 heteroatoms. The molecule has 1 saturated heterocycles. The second-order valence-electron chi connectivity index (χ2n) is 3.79. The van der Waals surface area contributed by atoms with Crippen LogP contribution in [0, 0.1) is 5.92 Å². The summed E-state index contributed by atoms with van der Waals surface area (Å²) < 4.78 is 0. The number of aliphatic hydroxyl groups excluding tert-OH is 1. The molecule has 0 amide bonds. The molecule has 1 fully saturated rings.